The smallest absolute Gasteiger partial charge is 0.321 e. The zero-order valence-corrected chi connectivity index (χ0v) is 22.9. The fourth-order valence-corrected chi connectivity index (χ4v) is 6.65. The van der Waals surface area contributed by atoms with Gasteiger partial charge in [-0.1, -0.05) is 20.8 Å². The molecule has 0 unspecified atom stereocenters. The monoisotopic (exact) mass is 526 g/mol. The number of carbonyl (C=O) groups is 3. The van der Waals surface area contributed by atoms with E-state index in [1.165, 1.54) is 0 Å². The van der Waals surface area contributed by atoms with Crippen LogP contribution in [0.2, 0.25) is 0 Å². The summed E-state index contributed by atoms with van der Waals surface area (Å²) < 4.78 is 10.8. The molecular weight excluding hydrogens is 484 g/mol. The van der Waals surface area contributed by atoms with Crippen molar-refractivity contribution in [2.45, 2.75) is 77.8 Å². The van der Waals surface area contributed by atoms with Crippen LogP contribution in [0, 0.1) is 23.7 Å². The van der Waals surface area contributed by atoms with Crippen molar-refractivity contribution in [3.05, 3.63) is 18.2 Å². The maximum Gasteiger partial charge on any atom is 0.321 e. The second kappa shape index (κ2) is 11.4. The molecule has 38 heavy (non-hydrogen) atoms. The highest BCUT2D eigenvalue weighted by Crippen LogP contribution is 2.38. The number of hydrogen-bond donors (Lipinski definition) is 2. The molecule has 0 aliphatic carbocycles. The largest absolute Gasteiger partial charge is 0.454 e. The number of urea groups is 1. The molecular formula is C29H42N4O5. The van der Waals surface area contributed by atoms with Crippen molar-refractivity contribution in [1.29, 1.82) is 0 Å². The first-order valence-electron chi connectivity index (χ1n) is 14.3. The number of fused-ring (bicyclic) bond motifs is 5. The molecule has 4 heterocycles. The zero-order valence-electron chi connectivity index (χ0n) is 22.9. The van der Waals surface area contributed by atoms with Gasteiger partial charge in [0.2, 0.25) is 18.6 Å². The molecule has 3 saturated heterocycles. The third-order valence-electron chi connectivity index (χ3n) is 8.75. The van der Waals surface area contributed by atoms with Gasteiger partial charge in [0.15, 0.2) is 11.5 Å². The van der Waals surface area contributed by atoms with Crippen molar-refractivity contribution in [2.75, 3.05) is 31.7 Å². The predicted octanol–water partition coefficient (Wildman–Crippen LogP) is 4.23. The van der Waals surface area contributed by atoms with E-state index in [4.69, 9.17) is 9.47 Å². The van der Waals surface area contributed by atoms with Crippen LogP contribution in [0.5, 0.6) is 11.5 Å². The standard InChI is InChI=1S/C29H42N4O5/c1-18(2)23-9-7-19(3)11-28(35)33-15-20-12-21(24(33)5-4-6-27(34)31-23)16-32(14-20)29(36)30-22-8-10-25-26(13-22)38-17-37-25/h8,10,13,18-21,23-24H,4-7,9,11-12,14-17H2,1-3H3,(H,30,36)(H,31,34)/t19-,20+,21-,23+,24+/m1/s1. The molecule has 0 radical (unpaired) electrons. The molecule has 208 valence electrons. The summed E-state index contributed by atoms with van der Waals surface area (Å²) in [7, 11) is 0. The average Bonchev–Trinajstić information content (AvgIpc) is 3.34. The summed E-state index contributed by atoms with van der Waals surface area (Å²) in [5.41, 5.74) is 0.675. The van der Waals surface area contributed by atoms with E-state index in [1.807, 2.05) is 11.0 Å². The molecule has 5 atom stereocenters. The minimum absolute atomic E-state index is 0.0570. The number of likely N-dealkylation sites (tertiary alicyclic amines) is 1. The maximum absolute atomic E-state index is 13.5. The topological polar surface area (TPSA) is 100 Å². The van der Waals surface area contributed by atoms with Crippen LogP contribution in [0.4, 0.5) is 10.5 Å². The molecule has 4 aliphatic rings. The number of piperidine rings is 2. The first kappa shape index (κ1) is 26.6. The molecule has 4 aliphatic heterocycles. The number of amides is 4. The van der Waals surface area contributed by atoms with E-state index in [9.17, 15) is 14.4 Å². The lowest BCUT2D eigenvalue weighted by molar-refractivity contribution is -0.141. The van der Waals surface area contributed by atoms with Crippen LogP contribution in [0.25, 0.3) is 0 Å². The Labute approximate surface area is 225 Å². The van der Waals surface area contributed by atoms with E-state index in [2.05, 4.69) is 36.3 Å². The summed E-state index contributed by atoms with van der Waals surface area (Å²) in [6, 6.07) is 5.50. The molecule has 2 N–H and O–H groups in total. The van der Waals surface area contributed by atoms with Gasteiger partial charge in [0, 0.05) is 56.3 Å². The minimum atomic E-state index is -0.129. The van der Waals surface area contributed by atoms with Gasteiger partial charge in [0.25, 0.3) is 0 Å². The Kier molecular flexibility index (Phi) is 8.00. The molecule has 0 aromatic heterocycles. The molecule has 5 rings (SSSR count). The Bertz CT molecular complexity index is 1050. The fraction of sp³-hybridized carbons (Fsp3) is 0.690. The van der Waals surface area contributed by atoms with E-state index in [0.717, 1.165) is 32.1 Å². The highest BCUT2D eigenvalue weighted by Gasteiger charge is 2.43. The van der Waals surface area contributed by atoms with Gasteiger partial charge >= 0.3 is 6.03 Å². The number of anilines is 1. The van der Waals surface area contributed by atoms with Crippen molar-refractivity contribution in [3.63, 3.8) is 0 Å². The van der Waals surface area contributed by atoms with Gasteiger partial charge < -0.3 is 29.9 Å². The summed E-state index contributed by atoms with van der Waals surface area (Å²) in [5.74, 6) is 2.76. The lowest BCUT2D eigenvalue weighted by Crippen LogP contribution is -2.60. The predicted molar refractivity (Wildman–Crippen MR) is 144 cm³/mol. The minimum Gasteiger partial charge on any atom is -0.454 e. The quantitative estimate of drug-likeness (QED) is 0.601. The normalized spacial score (nSPS) is 30.1. The van der Waals surface area contributed by atoms with Gasteiger partial charge in [-0.15, -0.1) is 0 Å². The van der Waals surface area contributed by atoms with Crippen LogP contribution >= 0.6 is 0 Å². The van der Waals surface area contributed by atoms with Gasteiger partial charge in [-0.3, -0.25) is 9.59 Å². The fourth-order valence-electron chi connectivity index (χ4n) is 6.65. The van der Waals surface area contributed by atoms with Crippen molar-refractivity contribution in [2.24, 2.45) is 23.7 Å². The van der Waals surface area contributed by atoms with Crippen molar-refractivity contribution >= 4 is 23.5 Å². The first-order valence-corrected chi connectivity index (χ1v) is 14.3. The number of ether oxygens (including phenoxy) is 2. The molecule has 2 bridgehead atoms. The number of nitrogens with zero attached hydrogens (tertiary/aromatic N) is 2. The second-order valence-corrected chi connectivity index (χ2v) is 12.1. The summed E-state index contributed by atoms with van der Waals surface area (Å²) in [6.07, 6.45) is 5.39. The van der Waals surface area contributed by atoms with Gasteiger partial charge in [0.05, 0.1) is 0 Å². The number of nitrogens with one attached hydrogen (secondary N) is 2. The molecule has 4 amide bonds. The molecule has 9 nitrogen and oxygen atoms in total. The summed E-state index contributed by atoms with van der Waals surface area (Å²) in [6.45, 7) is 8.56. The Hall–Kier alpha value is -2.97. The van der Waals surface area contributed by atoms with E-state index >= 15 is 0 Å². The summed E-state index contributed by atoms with van der Waals surface area (Å²) in [4.78, 5) is 43.5. The summed E-state index contributed by atoms with van der Waals surface area (Å²) >= 11 is 0. The Balaban J connectivity index is 1.27. The van der Waals surface area contributed by atoms with Gasteiger partial charge in [-0.25, -0.2) is 4.79 Å². The van der Waals surface area contributed by atoms with Crippen molar-refractivity contribution in [1.82, 2.24) is 15.1 Å². The maximum atomic E-state index is 13.5. The van der Waals surface area contributed by atoms with Gasteiger partial charge in [-0.05, 0) is 67.9 Å². The third kappa shape index (κ3) is 6.02. The number of carbonyl (C=O) groups excluding carboxylic acids is 3. The van der Waals surface area contributed by atoms with Crippen LogP contribution < -0.4 is 20.1 Å². The Morgan fingerprint density at radius 3 is 2.71 bits per heavy atom. The molecule has 9 heteroatoms. The lowest BCUT2D eigenvalue weighted by Gasteiger charge is -2.51. The molecule has 0 saturated carbocycles. The van der Waals surface area contributed by atoms with E-state index in [-0.39, 0.29) is 54.5 Å². The zero-order chi connectivity index (χ0) is 26.8. The summed E-state index contributed by atoms with van der Waals surface area (Å²) in [5, 5.41) is 6.26. The Morgan fingerprint density at radius 1 is 1.08 bits per heavy atom. The highest BCUT2D eigenvalue weighted by molar-refractivity contribution is 5.90. The molecule has 1 aromatic carbocycles. The third-order valence-corrected chi connectivity index (χ3v) is 8.75. The van der Waals surface area contributed by atoms with Crippen molar-refractivity contribution < 1.29 is 23.9 Å². The SMILES string of the molecule is CC(C)[C@@H]1CC[C@@H](C)CC(=O)N2C[C@H]3C[C@H](CN(C(=O)Nc4ccc5c(c4)OCO5)C3)[C@@H]2CCCC(=O)N1. The Morgan fingerprint density at radius 2 is 1.89 bits per heavy atom. The number of benzene rings is 1. The highest BCUT2D eigenvalue weighted by atomic mass is 16.7. The van der Waals surface area contributed by atoms with Crippen LogP contribution in [-0.2, 0) is 9.59 Å². The van der Waals surface area contributed by atoms with Gasteiger partial charge in [0.1, 0.15) is 0 Å². The van der Waals surface area contributed by atoms with Crippen LogP contribution in [0.1, 0.15) is 65.7 Å². The van der Waals surface area contributed by atoms with Crippen LogP contribution in [-0.4, -0.2) is 66.2 Å². The van der Waals surface area contributed by atoms with Crippen molar-refractivity contribution in [3.8, 4) is 11.5 Å². The first-order chi connectivity index (χ1) is 18.3. The number of hydrogen-bond acceptors (Lipinski definition) is 5. The second-order valence-electron chi connectivity index (χ2n) is 12.1. The van der Waals surface area contributed by atoms with E-state index < -0.39 is 0 Å². The van der Waals surface area contributed by atoms with E-state index in [0.29, 0.717) is 55.6 Å². The van der Waals surface area contributed by atoms with Crippen LogP contribution in [0.3, 0.4) is 0 Å². The van der Waals surface area contributed by atoms with Crippen LogP contribution in [0.15, 0.2) is 18.2 Å². The number of rotatable bonds is 2. The lowest BCUT2D eigenvalue weighted by atomic mass is 9.77. The average molecular weight is 527 g/mol. The van der Waals surface area contributed by atoms with Gasteiger partial charge in [-0.2, -0.15) is 0 Å². The molecule has 3 fully saturated rings. The molecule has 0 spiro atoms. The van der Waals surface area contributed by atoms with E-state index in [1.54, 1.807) is 12.1 Å². The molecule has 1 aromatic rings.